The van der Waals surface area contributed by atoms with Crippen molar-refractivity contribution in [3.05, 3.63) is 0 Å². The lowest BCUT2D eigenvalue weighted by molar-refractivity contribution is -0.144. The summed E-state index contributed by atoms with van der Waals surface area (Å²) in [6, 6.07) is -5.04. The van der Waals surface area contributed by atoms with Gasteiger partial charge in [0.15, 0.2) is 0 Å². The van der Waals surface area contributed by atoms with Crippen molar-refractivity contribution in [2.24, 2.45) is 23.3 Å². The summed E-state index contributed by atoms with van der Waals surface area (Å²) in [6.07, 6.45) is -0.320. The molecule has 0 aromatic rings. The molecule has 4 amide bonds. The van der Waals surface area contributed by atoms with Gasteiger partial charge in [0.1, 0.15) is 18.1 Å². The number of carbonyl (C=O) groups is 6. The maximum atomic E-state index is 12.9. The molecule has 9 N–H and O–H groups in total. The summed E-state index contributed by atoms with van der Waals surface area (Å²) in [5.41, 5.74) is 10.6. The Morgan fingerprint density at radius 2 is 1.29 bits per heavy atom. The molecular formula is C21H37N5O8. The summed E-state index contributed by atoms with van der Waals surface area (Å²) < 4.78 is 0. The second-order valence-corrected chi connectivity index (χ2v) is 8.35. The van der Waals surface area contributed by atoms with Crippen molar-refractivity contribution >= 4 is 35.6 Å². The van der Waals surface area contributed by atoms with Crippen LogP contribution in [0.25, 0.3) is 0 Å². The Labute approximate surface area is 198 Å². The second kappa shape index (κ2) is 14.8. The predicted octanol–water partition coefficient (Wildman–Crippen LogP) is -1.31. The molecule has 13 heteroatoms. The van der Waals surface area contributed by atoms with E-state index < -0.39 is 78.5 Å². The first-order valence-corrected chi connectivity index (χ1v) is 11.1. The van der Waals surface area contributed by atoms with E-state index in [1.165, 1.54) is 0 Å². The summed E-state index contributed by atoms with van der Waals surface area (Å²) >= 11 is 0. The van der Waals surface area contributed by atoms with Crippen LogP contribution in [0.4, 0.5) is 0 Å². The Balaban J connectivity index is 5.68. The summed E-state index contributed by atoms with van der Waals surface area (Å²) in [5.74, 6) is -6.52. The van der Waals surface area contributed by atoms with E-state index in [0.717, 1.165) is 0 Å². The molecular weight excluding hydrogens is 450 g/mol. The molecule has 6 atom stereocenters. The van der Waals surface area contributed by atoms with Gasteiger partial charge in [-0.3, -0.25) is 24.0 Å². The van der Waals surface area contributed by atoms with Gasteiger partial charge in [-0.25, -0.2) is 4.79 Å². The molecule has 0 radical (unpaired) electrons. The van der Waals surface area contributed by atoms with Crippen LogP contribution in [0.5, 0.6) is 0 Å². The van der Waals surface area contributed by atoms with Gasteiger partial charge in [-0.15, -0.1) is 0 Å². The van der Waals surface area contributed by atoms with Gasteiger partial charge >= 0.3 is 11.9 Å². The quantitative estimate of drug-likeness (QED) is 0.137. The highest BCUT2D eigenvalue weighted by Gasteiger charge is 2.34. The highest BCUT2D eigenvalue weighted by atomic mass is 16.4. The van der Waals surface area contributed by atoms with E-state index in [2.05, 4.69) is 16.0 Å². The van der Waals surface area contributed by atoms with Gasteiger partial charge in [-0.2, -0.15) is 0 Å². The predicted molar refractivity (Wildman–Crippen MR) is 121 cm³/mol. The molecule has 0 aromatic carbocycles. The maximum absolute atomic E-state index is 12.9. The average molecular weight is 488 g/mol. The standard InChI is InChI=1S/C21H37N5O8/c1-5-10(3)16(20(32)26-17(21(33)34)11(4)6-2)25-19(31)13(7-8-15(28)29)24-18(30)12(22)9-14(23)27/h10-13,16-17H,5-9,22H2,1-4H3,(H2,23,27)(H,24,30)(H,25,31)(H,26,32)(H,28,29)(H,33,34). The summed E-state index contributed by atoms with van der Waals surface area (Å²) in [4.78, 5) is 71.7. The van der Waals surface area contributed by atoms with Crippen LogP contribution in [-0.2, 0) is 28.8 Å². The molecule has 0 rings (SSSR count). The van der Waals surface area contributed by atoms with Crippen molar-refractivity contribution in [3.63, 3.8) is 0 Å². The molecule has 194 valence electrons. The number of hydrogen-bond acceptors (Lipinski definition) is 7. The van der Waals surface area contributed by atoms with E-state index in [4.69, 9.17) is 16.6 Å². The number of amides is 4. The lowest BCUT2D eigenvalue weighted by atomic mass is 9.95. The molecule has 0 aliphatic heterocycles. The van der Waals surface area contributed by atoms with E-state index in [9.17, 15) is 33.9 Å². The SMILES string of the molecule is CCC(C)C(NC(=O)C(NC(=O)C(CCC(=O)O)NC(=O)C(N)CC(N)=O)C(C)CC)C(=O)O. The van der Waals surface area contributed by atoms with Gasteiger partial charge in [0, 0.05) is 6.42 Å². The molecule has 0 aromatic heterocycles. The Hall–Kier alpha value is -3.22. The number of aliphatic carboxylic acids is 2. The number of hydrogen-bond donors (Lipinski definition) is 7. The number of carbonyl (C=O) groups excluding carboxylic acids is 4. The second-order valence-electron chi connectivity index (χ2n) is 8.35. The van der Waals surface area contributed by atoms with Crippen molar-refractivity contribution in [1.82, 2.24) is 16.0 Å². The molecule has 0 saturated carbocycles. The zero-order valence-electron chi connectivity index (χ0n) is 20.0. The highest BCUT2D eigenvalue weighted by Crippen LogP contribution is 2.13. The molecule has 0 aliphatic carbocycles. The summed E-state index contributed by atoms with van der Waals surface area (Å²) in [5, 5.41) is 25.7. The molecule has 34 heavy (non-hydrogen) atoms. The van der Waals surface area contributed by atoms with Gasteiger partial charge in [-0.05, 0) is 18.3 Å². The molecule has 0 bridgehead atoms. The number of nitrogens with one attached hydrogen (secondary N) is 3. The van der Waals surface area contributed by atoms with Gasteiger partial charge in [0.25, 0.3) is 0 Å². The minimum Gasteiger partial charge on any atom is -0.481 e. The van der Waals surface area contributed by atoms with Crippen molar-refractivity contribution in [3.8, 4) is 0 Å². The molecule has 0 fully saturated rings. The van der Waals surface area contributed by atoms with E-state index >= 15 is 0 Å². The van der Waals surface area contributed by atoms with Gasteiger partial charge in [-0.1, -0.05) is 40.5 Å². The number of carboxylic acid groups (broad SMARTS) is 2. The van der Waals surface area contributed by atoms with E-state index in [0.29, 0.717) is 12.8 Å². The molecule has 0 heterocycles. The first-order valence-electron chi connectivity index (χ1n) is 11.1. The molecule has 6 unspecified atom stereocenters. The Morgan fingerprint density at radius 1 is 0.794 bits per heavy atom. The van der Waals surface area contributed by atoms with Crippen LogP contribution in [0.15, 0.2) is 0 Å². The fraction of sp³-hybridized carbons (Fsp3) is 0.714. The third kappa shape index (κ3) is 10.6. The molecule has 0 aliphatic rings. The summed E-state index contributed by atoms with van der Waals surface area (Å²) in [6.45, 7) is 6.90. The average Bonchev–Trinajstić information content (AvgIpc) is 2.75. The van der Waals surface area contributed by atoms with E-state index in [-0.39, 0.29) is 12.3 Å². The third-order valence-electron chi connectivity index (χ3n) is 5.61. The lowest BCUT2D eigenvalue weighted by Crippen LogP contribution is -2.59. The zero-order valence-corrected chi connectivity index (χ0v) is 20.0. The normalized spacial score (nSPS) is 16.1. The zero-order chi connectivity index (χ0) is 26.6. The van der Waals surface area contributed by atoms with Crippen molar-refractivity contribution in [1.29, 1.82) is 0 Å². The van der Waals surface area contributed by atoms with E-state index in [1.54, 1.807) is 27.7 Å². The fourth-order valence-corrected chi connectivity index (χ4v) is 3.01. The third-order valence-corrected chi connectivity index (χ3v) is 5.61. The Bertz CT molecular complexity index is 759. The minimum absolute atomic E-state index is 0.310. The fourth-order valence-electron chi connectivity index (χ4n) is 3.01. The van der Waals surface area contributed by atoms with Crippen LogP contribution >= 0.6 is 0 Å². The van der Waals surface area contributed by atoms with Crippen molar-refractivity contribution < 1.29 is 39.0 Å². The number of carboxylic acids is 2. The summed E-state index contributed by atoms with van der Waals surface area (Å²) in [7, 11) is 0. The number of nitrogens with two attached hydrogens (primary N) is 2. The minimum atomic E-state index is -1.37. The topological polar surface area (TPSA) is 231 Å². The maximum Gasteiger partial charge on any atom is 0.326 e. The van der Waals surface area contributed by atoms with Crippen LogP contribution in [-0.4, -0.2) is 69.9 Å². The first-order chi connectivity index (χ1) is 15.7. The van der Waals surface area contributed by atoms with Crippen LogP contribution in [0.1, 0.15) is 59.8 Å². The van der Waals surface area contributed by atoms with Crippen molar-refractivity contribution in [2.45, 2.75) is 84.0 Å². The molecule has 13 nitrogen and oxygen atoms in total. The smallest absolute Gasteiger partial charge is 0.326 e. The van der Waals surface area contributed by atoms with Crippen LogP contribution in [0.2, 0.25) is 0 Å². The number of rotatable bonds is 16. The van der Waals surface area contributed by atoms with Gasteiger partial charge in [0.2, 0.25) is 23.6 Å². The monoisotopic (exact) mass is 487 g/mol. The largest absolute Gasteiger partial charge is 0.481 e. The van der Waals surface area contributed by atoms with E-state index in [1.807, 2.05) is 0 Å². The number of primary amides is 1. The van der Waals surface area contributed by atoms with Gasteiger partial charge in [0.05, 0.1) is 12.5 Å². The van der Waals surface area contributed by atoms with Crippen LogP contribution < -0.4 is 27.4 Å². The highest BCUT2D eigenvalue weighted by molar-refractivity contribution is 5.95. The molecule has 0 spiro atoms. The first kappa shape index (κ1) is 30.8. The Morgan fingerprint density at radius 3 is 1.74 bits per heavy atom. The van der Waals surface area contributed by atoms with Crippen LogP contribution in [0.3, 0.4) is 0 Å². The molecule has 0 saturated heterocycles. The van der Waals surface area contributed by atoms with Gasteiger partial charge < -0.3 is 37.6 Å². The van der Waals surface area contributed by atoms with Crippen LogP contribution in [0, 0.1) is 11.8 Å². The Kier molecular flexibility index (Phi) is 13.4. The lowest BCUT2D eigenvalue weighted by Gasteiger charge is -2.29. The van der Waals surface area contributed by atoms with Crippen molar-refractivity contribution in [2.75, 3.05) is 0 Å².